The van der Waals surface area contributed by atoms with Gasteiger partial charge in [-0.2, -0.15) is 0 Å². The van der Waals surface area contributed by atoms with E-state index in [2.05, 4.69) is 63.5 Å². The van der Waals surface area contributed by atoms with Crippen LogP contribution < -0.4 is 104 Å². The summed E-state index contributed by atoms with van der Waals surface area (Å²) in [5, 5.41) is 47.3. The number of hydrogen-bond donors (Lipinski definition) is 21. The molecular formula is C73H127N23O20. The number of rotatable bonds is 53. The number of carboxylic acids is 2. The van der Waals surface area contributed by atoms with Crippen LogP contribution >= 0.6 is 0 Å². The number of unbranched alkanes of at least 4 members (excludes halogenated alkanes) is 3. The van der Waals surface area contributed by atoms with Crippen LogP contribution in [0.3, 0.4) is 0 Å². The fourth-order valence-electron chi connectivity index (χ4n) is 13.4. The van der Waals surface area contributed by atoms with Crippen LogP contribution in [0, 0.1) is 11.8 Å². The zero-order chi connectivity index (χ0) is 87.2. The number of likely N-dealkylation sites (tertiary alicyclic amines) is 3. The number of guanidine groups is 1. The quantitative estimate of drug-likeness (QED) is 0.0153. The van der Waals surface area contributed by atoms with Crippen LogP contribution in [-0.2, 0) is 86.3 Å². The number of primary amides is 2. The van der Waals surface area contributed by atoms with E-state index in [0.717, 1.165) is 0 Å². The second-order valence-corrected chi connectivity index (χ2v) is 30.3. The van der Waals surface area contributed by atoms with Gasteiger partial charge in [-0.25, -0.2) is 4.79 Å². The third kappa shape index (κ3) is 33.4. The number of hydrogen-bond acceptors (Lipinski definition) is 23. The van der Waals surface area contributed by atoms with E-state index in [1.54, 1.807) is 27.7 Å². The van der Waals surface area contributed by atoms with E-state index in [-0.39, 0.29) is 142 Å². The molecule has 0 aromatic carbocycles. The van der Waals surface area contributed by atoms with Crippen molar-refractivity contribution in [3.63, 3.8) is 0 Å². The molecule has 0 spiro atoms. The molecule has 0 aromatic rings. The number of carboxylic acid groups (broad SMARTS) is 2. The first-order chi connectivity index (χ1) is 54.7. The van der Waals surface area contributed by atoms with Gasteiger partial charge in [-0.15, -0.1) is 0 Å². The minimum absolute atomic E-state index is 0.00650. The summed E-state index contributed by atoms with van der Waals surface area (Å²) in [6.45, 7) is 11.2. The first-order valence-electron chi connectivity index (χ1n) is 39.9. The molecule has 15 atom stereocenters. The largest absolute Gasteiger partial charge is 0.481 e. The van der Waals surface area contributed by atoms with Gasteiger partial charge in [0.1, 0.15) is 84.6 Å². The normalized spacial score (nSPS) is 18.3. The van der Waals surface area contributed by atoms with E-state index in [0.29, 0.717) is 45.1 Å². The molecule has 3 rings (SSSR count). The fourth-order valence-corrected chi connectivity index (χ4v) is 13.4. The Morgan fingerprint density at radius 2 is 0.707 bits per heavy atom. The molecule has 43 nitrogen and oxygen atoms in total. The van der Waals surface area contributed by atoms with Gasteiger partial charge < -0.3 is 129 Å². The van der Waals surface area contributed by atoms with Gasteiger partial charge in [0.2, 0.25) is 94.5 Å². The molecule has 16 amide bonds. The molecule has 0 unspecified atom stereocenters. The summed E-state index contributed by atoms with van der Waals surface area (Å²) in [6, 6.07) is -19.9. The van der Waals surface area contributed by atoms with Crippen LogP contribution in [0.5, 0.6) is 0 Å². The Bertz CT molecular complexity index is 3440. The minimum Gasteiger partial charge on any atom is -0.481 e. The zero-order valence-electron chi connectivity index (χ0n) is 67.7. The lowest BCUT2D eigenvalue weighted by atomic mass is 10.0. The molecule has 29 N–H and O–H groups in total. The predicted molar refractivity (Wildman–Crippen MR) is 420 cm³/mol. The number of carbonyl (C=O) groups is 18. The van der Waals surface area contributed by atoms with Crippen LogP contribution in [0.1, 0.15) is 196 Å². The summed E-state index contributed by atoms with van der Waals surface area (Å²) in [5.74, 6) is -17.2. The number of aliphatic carboxylic acids is 2. The third-order valence-corrected chi connectivity index (χ3v) is 20.1. The van der Waals surface area contributed by atoms with Gasteiger partial charge in [-0.1, -0.05) is 34.1 Å². The van der Waals surface area contributed by atoms with Crippen molar-refractivity contribution in [2.24, 2.45) is 62.7 Å². The summed E-state index contributed by atoms with van der Waals surface area (Å²) in [5.41, 5.74) is 45.1. The van der Waals surface area contributed by atoms with E-state index in [1.807, 2.05) is 0 Å². The van der Waals surface area contributed by atoms with Gasteiger partial charge in [0.05, 0.1) is 6.04 Å². The highest BCUT2D eigenvalue weighted by Gasteiger charge is 2.45. The first kappa shape index (κ1) is 99.8. The van der Waals surface area contributed by atoms with Crippen LogP contribution in [0.25, 0.3) is 0 Å². The van der Waals surface area contributed by atoms with Gasteiger partial charge in [0, 0.05) is 45.4 Å². The van der Waals surface area contributed by atoms with Gasteiger partial charge in [0.15, 0.2) is 5.96 Å². The summed E-state index contributed by atoms with van der Waals surface area (Å²) in [6.07, 6.45) is 1.64. The van der Waals surface area contributed by atoms with Crippen LogP contribution in [-0.4, -0.2) is 274 Å². The van der Waals surface area contributed by atoms with E-state index in [4.69, 9.17) is 45.9 Å². The average Bonchev–Trinajstić information content (AvgIpc) is 1.63. The van der Waals surface area contributed by atoms with Crippen LogP contribution in [0.4, 0.5) is 0 Å². The van der Waals surface area contributed by atoms with Gasteiger partial charge in [-0.05, 0) is 174 Å². The van der Waals surface area contributed by atoms with Crippen molar-refractivity contribution in [3.05, 3.63) is 0 Å². The fraction of sp³-hybridized carbons (Fsp3) is 0.740. The molecule has 3 aliphatic heterocycles. The molecule has 43 heteroatoms. The lowest BCUT2D eigenvalue weighted by Gasteiger charge is -2.33. The molecule has 3 heterocycles. The molecule has 0 aliphatic carbocycles. The zero-order valence-corrected chi connectivity index (χ0v) is 67.7. The van der Waals surface area contributed by atoms with E-state index in [9.17, 15) is 96.5 Å². The Labute approximate surface area is 674 Å². The number of amides is 16. The van der Waals surface area contributed by atoms with E-state index < -0.39 is 222 Å². The smallest absolute Gasteiger partial charge is 0.326 e. The highest BCUT2D eigenvalue weighted by atomic mass is 16.4. The van der Waals surface area contributed by atoms with Crippen molar-refractivity contribution < 1.29 is 96.5 Å². The molecule has 3 fully saturated rings. The van der Waals surface area contributed by atoms with Crippen molar-refractivity contribution in [1.29, 1.82) is 0 Å². The Morgan fingerprint density at radius 3 is 1.16 bits per heavy atom. The first-order valence-corrected chi connectivity index (χ1v) is 39.9. The minimum atomic E-state index is -1.54. The van der Waals surface area contributed by atoms with Gasteiger partial charge in [-0.3, -0.25) is 86.5 Å². The second kappa shape index (κ2) is 50.8. The number of nitrogens with two attached hydrogens (primary N) is 8. The molecule has 654 valence electrons. The Hall–Kier alpha value is -10.4. The highest BCUT2D eigenvalue weighted by molar-refractivity contribution is 6.01. The van der Waals surface area contributed by atoms with Crippen molar-refractivity contribution in [3.8, 4) is 0 Å². The summed E-state index contributed by atoms with van der Waals surface area (Å²) in [7, 11) is 0. The lowest BCUT2D eigenvalue weighted by molar-refractivity contribution is -0.145. The molecule has 0 aromatic heterocycles. The SMILES string of the molecule is CC(C)[C@H](NC(=O)[C@H](CCCCN)NC(=O)[C@H](CCCN=C(N)N)NC(=O)[C@@H]1CCCN1C(=O)[C@H](CCCCN)NC(=O)[C@H](C)NC(=O)[C@H](CCC(N)=O)NC(=O)[C@@H]1CCCN1C(=O)[C@@H](NC(=O)[C@@H]1CCCN1C(=O)[C@H](CCC(=O)O)NC(=O)[C@@H](N)CCCCN)C(C)C)C(=O)N[C@H](C)C(=O)N[C@@H](C)C(=O)N[C@@H](CCC(N)=O)C(=O)O. The third-order valence-electron chi connectivity index (χ3n) is 20.1. The van der Waals surface area contributed by atoms with Crippen LogP contribution in [0.2, 0.25) is 0 Å². The summed E-state index contributed by atoms with van der Waals surface area (Å²) in [4.78, 5) is 252. The molecule has 0 radical (unpaired) electrons. The van der Waals surface area contributed by atoms with Crippen molar-refractivity contribution in [2.75, 3.05) is 45.8 Å². The maximum atomic E-state index is 14.8. The van der Waals surface area contributed by atoms with E-state index >= 15 is 0 Å². The van der Waals surface area contributed by atoms with Crippen molar-refractivity contribution in [1.82, 2.24) is 73.2 Å². The topological polar surface area (TPSA) is 710 Å². The molecule has 116 heavy (non-hydrogen) atoms. The molecule has 3 saturated heterocycles. The lowest BCUT2D eigenvalue weighted by Crippen LogP contribution is -2.61. The Kier molecular flexibility index (Phi) is 43.7. The molecule has 0 bridgehead atoms. The molecular weight excluding hydrogens is 1520 g/mol. The van der Waals surface area contributed by atoms with E-state index in [1.165, 1.54) is 35.5 Å². The van der Waals surface area contributed by atoms with Gasteiger partial charge in [0.25, 0.3) is 0 Å². The number of carbonyl (C=O) groups excluding carboxylic acids is 16. The Balaban J connectivity index is 1.82. The highest BCUT2D eigenvalue weighted by Crippen LogP contribution is 2.26. The monoisotopic (exact) mass is 1650 g/mol. The Morgan fingerprint density at radius 1 is 0.362 bits per heavy atom. The second-order valence-electron chi connectivity index (χ2n) is 30.3. The molecule has 0 saturated carbocycles. The number of nitrogens with one attached hydrogen (secondary N) is 11. The predicted octanol–water partition coefficient (Wildman–Crippen LogP) is -7.09. The molecule has 3 aliphatic rings. The maximum absolute atomic E-state index is 14.8. The average molecular weight is 1650 g/mol. The van der Waals surface area contributed by atoms with Gasteiger partial charge >= 0.3 is 11.9 Å². The number of aliphatic imine (C=N–C) groups is 1. The van der Waals surface area contributed by atoms with Crippen molar-refractivity contribution in [2.45, 2.75) is 287 Å². The summed E-state index contributed by atoms with van der Waals surface area (Å²) >= 11 is 0. The number of nitrogens with zero attached hydrogens (tertiary/aromatic N) is 4. The van der Waals surface area contributed by atoms with Crippen molar-refractivity contribution >= 4 is 112 Å². The standard InChI is InChI=1S/C73H127N23O20/c1-38(2)56(68(111)85-40(5)58(101)83-41(6)60(103)91-49(72(115)116)26-29-54(79)98)92-64(107)44(19-9-12-32-75)86-63(106)45(21-14-34-82-73(80)81)87-65(108)50-22-15-35-94(50)69(112)47(20-10-13-33-76)89-59(102)42(7)84-62(105)46(25-28-53(78)97)88-66(109)51-23-17-37-96(51)71(114)57(39(3)4)93-67(110)52-24-16-36-95(52)70(113)48(27-30-55(99)100)90-61(104)43(77)18-8-11-31-74/h38-52,56-57H,8-37,74-77H2,1-7H3,(H2,78,97)(H2,79,98)(H,83,101)(H,84,105)(H,85,111)(H,86,106)(H,87,108)(H,88,109)(H,89,102)(H,90,104)(H,91,103)(H,92,107)(H,93,110)(H,99,100)(H,115,116)(H4,80,81,82)/t40-,41+,42+,43+,44+,45+,46+,47+,48+,49+,50+,51+,52+,56+,57+/m1/s1. The van der Waals surface area contributed by atoms with Crippen LogP contribution in [0.15, 0.2) is 4.99 Å². The maximum Gasteiger partial charge on any atom is 0.326 e. The summed E-state index contributed by atoms with van der Waals surface area (Å²) < 4.78 is 0.